The highest BCUT2D eigenvalue weighted by Crippen LogP contribution is 2.61. The van der Waals surface area contributed by atoms with Crippen LogP contribution < -0.4 is 0 Å². The normalized spacial score (nSPS) is 37.6. The third kappa shape index (κ3) is 2.11. The highest BCUT2D eigenvalue weighted by molar-refractivity contribution is 5.93. The van der Waals surface area contributed by atoms with Gasteiger partial charge in [0.1, 0.15) is 0 Å². The van der Waals surface area contributed by atoms with Crippen LogP contribution in [0.15, 0.2) is 11.1 Å². The predicted octanol–water partition coefficient (Wildman–Crippen LogP) is 3.36. The SMILES string of the molecule is CC(=O)OC1OC(=O)C2=C1[C@@]1(C)CCCC(C)(C)[C@@H]1CC2. The van der Waals surface area contributed by atoms with E-state index in [4.69, 9.17) is 9.47 Å². The van der Waals surface area contributed by atoms with E-state index in [9.17, 15) is 9.59 Å². The van der Waals surface area contributed by atoms with Crippen LogP contribution in [0.1, 0.15) is 59.8 Å². The van der Waals surface area contributed by atoms with Crippen LogP contribution in [0.3, 0.4) is 0 Å². The van der Waals surface area contributed by atoms with Gasteiger partial charge in [-0.3, -0.25) is 4.79 Å². The highest BCUT2D eigenvalue weighted by atomic mass is 16.7. The number of ether oxygens (including phenoxy) is 2. The number of rotatable bonds is 1. The van der Waals surface area contributed by atoms with Gasteiger partial charge in [0.15, 0.2) is 0 Å². The number of cyclic esters (lactones) is 1. The van der Waals surface area contributed by atoms with Crippen molar-refractivity contribution in [2.75, 3.05) is 0 Å². The van der Waals surface area contributed by atoms with Crippen LogP contribution >= 0.6 is 0 Å². The van der Waals surface area contributed by atoms with E-state index >= 15 is 0 Å². The fraction of sp³-hybridized carbons (Fsp3) is 0.765. The van der Waals surface area contributed by atoms with Gasteiger partial charge >= 0.3 is 11.9 Å². The summed E-state index contributed by atoms with van der Waals surface area (Å²) in [5.41, 5.74) is 1.86. The van der Waals surface area contributed by atoms with E-state index in [1.54, 1.807) is 0 Å². The molecular formula is C17H24O4. The summed E-state index contributed by atoms with van der Waals surface area (Å²) in [6.45, 7) is 8.23. The Morgan fingerprint density at radius 3 is 2.67 bits per heavy atom. The molecule has 21 heavy (non-hydrogen) atoms. The lowest BCUT2D eigenvalue weighted by atomic mass is 9.50. The molecule has 0 N–H and O–H groups in total. The quantitative estimate of drug-likeness (QED) is 0.695. The van der Waals surface area contributed by atoms with Gasteiger partial charge in [-0.25, -0.2) is 4.79 Å². The lowest BCUT2D eigenvalue weighted by Crippen LogP contribution is -2.47. The molecule has 1 saturated carbocycles. The van der Waals surface area contributed by atoms with Crippen molar-refractivity contribution in [3.8, 4) is 0 Å². The first-order valence-electron chi connectivity index (χ1n) is 7.87. The maximum Gasteiger partial charge on any atom is 0.337 e. The van der Waals surface area contributed by atoms with E-state index in [1.165, 1.54) is 13.3 Å². The molecule has 1 fully saturated rings. The van der Waals surface area contributed by atoms with Gasteiger partial charge in [0.25, 0.3) is 6.29 Å². The lowest BCUT2D eigenvalue weighted by molar-refractivity contribution is -0.174. The third-order valence-electron chi connectivity index (χ3n) is 5.82. The lowest BCUT2D eigenvalue weighted by Gasteiger charge is -2.54. The molecular weight excluding hydrogens is 268 g/mol. The van der Waals surface area contributed by atoms with Crippen LogP contribution in [0.5, 0.6) is 0 Å². The van der Waals surface area contributed by atoms with Gasteiger partial charge < -0.3 is 9.47 Å². The Kier molecular flexibility index (Phi) is 3.19. The zero-order valence-electron chi connectivity index (χ0n) is 13.3. The first-order valence-corrected chi connectivity index (χ1v) is 7.87. The van der Waals surface area contributed by atoms with Gasteiger partial charge in [-0.1, -0.05) is 27.2 Å². The molecule has 0 aromatic carbocycles. The molecule has 0 radical (unpaired) electrons. The Morgan fingerprint density at radius 1 is 1.29 bits per heavy atom. The van der Waals surface area contributed by atoms with Crippen LogP contribution in [0.25, 0.3) is 0 Å². The zero-order chi connectivity index (χ0) is 15.4. The van der Waals surface area contributed by atoms with Crippen LogP contribution in [0, 0.1) is 16.7 Å². The van der Waals surface area contributed by atoms with Gasteiger partial charge in [0, 0.05) is 18.1 Å². The molecule has 1 aliphatic heterocycles. The van der Waals surface area contributed by atoms with Crippen LogP contribution in [0.2, 0.25) is 0 Å². The van der Waals surface area contributed by atoms with Crippen molar-refractivity contribution < 1.29 is 19.1 Å². The molecule has 4 nitrogen and oxygen atoms in total. The Hall–Kier alpha value is -1.32. The Bertz CT molecular complexity index is 531. The minimum atomic E-state index is -0.799. The van der Waals surface area contributed by atoms with Gasteiger partial charge in [0.05, 0.1) is 0 Å². The molecule has 0 aromatic heterocycles. The zero-order valence-corrected chi connectivity index (χ0v) is 13.3. The van der Waals surface area contributed by atoms with Crippen molar-refractivity contribution in [2.45, 2.75) is 66.1 Å². The molecule has 116 valence electrons. The molecule has 0 aromatic rings. The summed E-state index contributed by atoms with van der Waals surface area (Å²) in [5.74, 6) is -0.188. The fourth-order valence-electron chi connectivity index (χ4n) is 5.01. The second-order valence-corrected chi connectivity index (χ2v) is 7.59. The highest BCUT2D eigenvalue weighted by Gasteiger charge is 2.56. The maximum atomic E-state index is 12.1. The molecule has 0 spiro atoms. The summed E-state index contributed by atoms with van der Waals surface area (Å²) >= 11 is 0. The summed E-state index contributed by atoms with van der Waals surface area (Å²) in [6, 6.07) is 0. The van der Waals surface area contributed by atoms with Crippen molar-refractivity contribution in [1.82, 2.24) is 0 Å². The standard InChI is InChI=1S/C17H24O4/c1-10(18)20-15-13-11(14(19)21-15)6-7-12-16(2,3)8-5-9-17(12,13)4/h12,15H,5-9H2,1-4H3/t12-,15?,17-/m0/s1. The molecule has 3 rings (SSSR count). The molecule has 4 heteroatoms. The minimum absolute atomic E-state index is 0.0956. The molecule has 3 aliphatic rings. The summed E-state index contributed by atoms with van der Waals surface area (Å²) in [7, 11) is 0. The Labute approximate surface area is 125 Å². The molecule has 3 atom stereocenters. The van der Waals surface area contributed by atoms with Crippen LogP contribution in [-0.4, -0.2) is 18.2 Å². The van der Waals surface area contributed by atoms with Crippen molar-refractivity contribution in [3.05, 3.63) is 11.1 Å². The molecule has 2 aliphatic carbocycles. The second-order valence-electron chi connectivity index (χ2n) is 7.59. The predicted molar refractivity (Wildman–Crippen MR) is 77.1 cm³/mol. The first-order chi connectivity index (χ1) is 9.75. The van der Waals surface area contributed by atoms with E-state index in [-0.39, 0.29) is 16.8 Å². The summed E-state index contributed by atoms with van der Waals surface area (Å²) < 4.78 is 10.6. The van der Waals surface area contributed by atoms with E-state index in [2.05, 4.69) is 20.8 Å². The number of fused-ring (bicyclic) bond motifs is 2. The second kappa shape index (κ2) is 4.59. The molecule has 1 heterocycles. The van der Waals surface area contributed by atoms with E-state index in [0.29, 0.717) is 5.92 Å². The van der Waals surface area contributed by atoms with E-state index < -0.39 is 12.3 Å². The topological polar surface area (TPSA) is 52.6 Å². The number of esters is 2. The minimum Gasteiger partial charge on any atom is -0.421 e. The molecule has 0 saturated heterocycles. The summed E-state index contributed by atoms with van der Waals surface area (Å²) in [4.78, 5) is 23.4. The van der Waals surface area contributed by atoms with E-state index in [1.807, 2.05) is 0 Å². The molecule has 0 bridgehead atoms. The monoisotopic (exact) mass is 292 g/mol. The van der Waals surface area contributed by atoms with E-state index in [0.717, 1.165) is 36.8 Å². The van der Waals surface area contributed by atoms with Crippen molar-refractivity contribution >= 4 is 11.9 Å². The number of carbonyl (C=O) groups excluding carboxylic acids is 2. The van der Waals surface area contributed by atoms with Gasteiger partial charge in [0.2, 0.25) is 0 Å². The summed E-state index contributed by atoms with van der Waals surface area (Å²) in [6.07, 6.45) is 4.35. The third-order valence-corrected chi connectivity index (χ3v) is 5.82. The number of hydrogen-bond acceptors (Lipinski definition) is 4. The van der Waals surface area contributed by atoms with Crippen molar-refractivity contribution in [1.29, 1.82) is 0 Å². The number of carbonyl (C=O) groups is 2. The Balaban J connectivity index is 2.04. The first kappa shape index (κ1) is 14.6. The van der Waals surface area contributed by atoms with Gasteiger partial charge in [-0.15, -0.1) is 0 Å². The fourth-order valence-corrected chi connectivity index (χ4v) is 5.01. The average Bonchev–Trinajstić information content (AvgIpc) is 2.65. The maximum absolute atomic E-state index is 12.1. The smallest absolute Gasteiger partial charge is 0.337 e. The Morgan fingerprint density at radius 2 is 2.00 bits per heavy atom. The van der Waals surface area contributed by atoms with Gasteiger partial charge in [-0.05, 0) is 42.4 Å². The van der Waals surface area contributed by atoms with Gasteiger partial charge in [-0.2, -0.15) is 0 Å². The average molecular weight is 292 g/mol. The largest absolute Gasteiger partial charge is 0.421 e. The molecule has 0 amide bonds. The van der Waals surface area contributed by atoms with Crippen molar-refractivity contribution in [3.63, 3.8) is 0 Å². The molecule has 1 unspecified atom stereocenters. The van der Waals surface area contributed by atoms with Crippen LogP contribution in [0.4, 0.5) is 0 Å². The van der Waals surface area contributed by atoms with Crippen molar-refractivity contribution in [2.24, 2.45) is 16.7 Å². The van der Waals surface area contributed by atoms with Crippen LogP contribution in [-0.2, 0) is 19.1 Å². The number of hydrogen-bond donors (Lipinski definition) is 0. The summed E-state index contributed by atoms with van der Waals surface area (Å²) in [5, 5.41) is 0.